The number of likely N-dealkylation sites (tertiary alicyclic amines) is 1. The van der Waals surface area contributed by atoms with Crippen molar-refractivity contribution in [3.8, 4) is 22.6 Å². The molecule has 41 heavy (non-hydrogen) atoms. The highest BCUT2D eigenvalue weighted by Crippen LogP contribution is 2.45. The normalized spacial score (nSPS) is 19.5. The van der Waals surface area contributed by atoms with Crippen molar-refractivity contribution >= 4 is 39.9 Å². The molecule has 214 valence electrons. The Bertz CT molecular complexity index is 1480. The molecule has 0 saturated carbocycles. The van der Waals surface area contributed by atoms with Crippen molar-refractivity contribution in [3.05, 3.63) is 66.2 Å². The van der Waals surface area contributed by atoms with Gasteiger partial charge in [0, 0.05) is 44.2 Å². The molecule has 3 aliphatic heterocycles. The Labute approximate surface area is 244 Å². The molecular weight excluding hydrogens is 542 g/mol. The maximum Gasteiger partial charge on any atom is 0.268 e. The van der Waals surface area contributed by atoms with E-state index in [9.17, 15) is 14.7 Å². The first-order chi connectivity index (χ1) is 19.9. The quantitative estimate of drug-likeness (QED) is 0.392. The monoisotopic (exact) mass is 575 g/mol. The van der Waals surface area contributed by atoms with E-state index in [-0.39, 0.29) is 23.5 Å². The lowest BCUT2D eigenvalue weighted by molar-refractivity contribution is -0.132. The molecule has 3 aromatic carbocycles. The first-order valence-corrected chi connectivity index (χ1v) is 14.5. The van der Waals surface area contributed by atoms with Crippen LogP contribution in [0.25, 0.3) is 21.9 Å². The van der Waals surface area contributed by atoms with E-state index in [4.69, 9.17) is 21.1 Å². The van der Waals surface area contributed by atoms with Gasteiger partial charge >= 0.3 is 0 Å². The molecule has 0 spiro atoms. The van der Waals surface area contributed by atoms with Gasteiger partial charge < -0.3 is 24.4 Å². The number of benzene rings is 3. The maximum atomic E-state index is 13.8. The number of hydrogen-bond acceptors (Lipinski definition) is 6. The van der Waals surface area contributed by atoms with Gasteiger partial charge in [0.1, 0.15) is 11.5 Å². The van der Waals surface area contributed by atoms with Gasteiger partial charge in [-0.3, -0.25) is 14.5 Å². The van der Waals surface area contributed by atoms with Crippen molar-refractivity contribution in [1.29, 1.82) is 0 Å². The number of nitrogens with zero attached hydrogens (tertiary/aromatic N) is 3. The maximum absolute atomic E-state index is 13.8. The van der Waals surface area contributed by atoms with E-state index in [0.717, 1.165) is 61.2 Å². The van der Waals surface area contributed by atoms with E-state index in [1.54, 1.807) is 28.0 Å². The molecule has 3 aliphatic rings. The van der Waals surface area contributed by atoms with Crippen LogP contribution in [0.15, 0.2) is 61.2 Å². The number of amides is 2. The number of halogens is 1. The van der Waals surface area contributed by atoms with Gasteiger partial charge in [0.25, 0.3) is 5.91 Å². The number of aromatic hydroxyl groups is 1. The van der Waals surface area contributed by atoms with Gasteiger partial charge in [-0.2, -0.15) is 0 Å². The Balaban J connectivity index is 1.30. The molecule has 1 unspecified atom stereocenters. The van der Waals surface area contributed by atoms with Crippen LogP contribution in [0.2, 0.25) is 5.02 Å². The standard InChI is InChI=1S/C32H34ClN3O5/c1-2-31(38)35-18-21(19-35)20-36-28-17-27(33)26(25-15-23(37)14-22-6-3-4-7-24(22)25)16-30(28)41-29(32(36)39)8-5-9-34-10-12-40-13-11-34/h2-4,6-7,14-17,21,29,37H,1,5,8-13,18-20H2. The van der Waals surface area contributed by atoms with Gasteiger partial charge in [0.15, 0.2) is 6.10 Å². The summed E-state index contributed by atoms with van der Waals surface area (Å²) in [5, 5.41) is 12.8. The molecule has 2 fully saturated rings. The number of phenolic OH excluding ortho intramolecular Hbond substituents is 1. The molecule has 9 heteroatoms. The first-order valence-electron chi connectivity index (χ1n) is 14.2. The fourth-order valence-corrected chi connectivity index (χ4v) is 6.28. The zero-order chi connectivity index (χ0) is 28.5. The van der Waals surface area contributed by atoms with Crippen LogP contribution in [0.1, 0.15) is 12.8 Å². The third-order valence-electron chi connectivity index (χ3n) is 8.22. The minimum Gasteiger partial charge on any atom is -0.508 e. The topological polar surface area (TPSA) is 82.6 Å². The van der Waals surface area contributed by atoms with Gasteiger partial charge in [-0.15, -0.1) is 0 Å². The van der Waals surface area contributed by atoms with Crippen LogP contribution >= 0.6 is 11.6 Å². The van der Waals surface area contributed by atoms with E-state index in [1.807, 2.05) is 30.3 Å². The minimum atomic E-state index is -0.621. The van der Waals surface area contributed by atoms with E-state index in [2.05, 4.69) is 11.5 Å². The zero-order valence-corrected chi connectivity index (χ0v) is 23.7. The van der Waals surface area contributed by atoms with Crippen molar-refractivity contribution in [2.24, 2.45) is 5.92 Å². The van der Waals surface area contributed by atoms with E-state index in [1.165, 1.54) is 6.08 Å². The molecule has 0 bridgehead atoms. The predicted octanol–water partition coefficient (Wildman–Crippen LogP) is 4.72. The number of carbonyl (C=O) groups excluding carboxylic acids is 2. The summed E-state index contributed by atoms with van der Waals surface area (Å²) >= 11 is 6.88. The number of hydrogen-bond donors (Lipinski definition) is 1. The Hall–Kier alpha value is -3.59. The molecule has 2 amide bonds. The highest BCUT2D eigenvalue weighted by molar-refractivity contribution is 6.34. The second-order valence-electron chi connectivity index (χ2n) is 11.0. The van der Waals surface area contributed by atoms with Crippen molar-refractivity contribution in [2.45, 2.75) is 18.9 Å². The summed E-state index contributed by atoms with van der Waals surface area (Å²) in [7, 11) is 0. The second-order valence-corrected chi connectivity index (χ2v) is 11.4. The Morgan fingerprint density at radius 3 is 2.66 bits per heavy atom. The SMILES string of the molecule is C=CC(=O)N1CC(CN2C(=O)C(CCCN3CCOCC3)Oc3cc(-c4cc(O)cc5ccccc45)c(Cl)cc32)C1. The predicted molar refractivity (Wildman–Crippen MR) is 160 cm³/mol. The largest absolute Gasteiger partial charge is 0.508 e. The van der Waals surface area contributed by atoms with Crippen molar-refractivity contribution in [1.82, 2.24) is 9.80 Å². The second kappa shape index (κ2) is 11.7. The molecular formula is C32H34ClN3O5. The van der Waals surface area contributed by atoms with Crippen molar-refractivity contribution < 1.29 is 24.2 Å². The van der Waals surface area contributed by atoms with Crippen LogP contribution in [-0.4, -0.2) is 85.3 Å². The molecule has 1 N–H and O–H groups in total. The summed E-state index contributed by atoms with van der Waals surface area (Å²) in [4.78, 5) is 31.7. The number of carbonyl (C=O) groups is 2. The van der Waals surface area contributed by atoms with E-state index in [0.29, 0.717) is 42.5 Å². The third-order valence-corrected chi connectivity index (χ3v) is 8.53. The fraction of sp³-hybridized carbons (Fsp3) is 0.375. The van der Waals surface area contributed by atoms with Crippen LogP contribution in [0.4, 0.5) is 5.69 Å². The lowest BCUT2D eigenvalue weighted by Crippen LogP contribution is -2.56. The first kappa shape index (κ1) is 27.6. The molecule has 0 radical (unpaired) electrons. The highest BCUT2D eigenvalue weighted by atomic mass is 35.5. The molecule has 0 aromatic heterocycles. The van der Waals surface area contributed by atoms with Gasteiger partial charge in [0.2, 0.25) is 5.91 Å². The zero-order valence-electron chi connectivity index (χ0n) is 22.9. The molecule has 6 rings (SSSR count). The number of morpholine rings is 1. The van der Waals surface area contributed by atoms with Crippen LogP contribution in [0.5, 0.6) is 11.5 Å². The number of fused-ring (bicyclic) bond motifs is 2. The van der Waals surface area contributed by atoms with Gasteiger partial charge in [-0.25, -0.2) is 0 Å². The molecule has 2 saturated heterocycles. The average molecular weight is 576 g/mol. The van der Waals surface area contributed by atoms with Gasteiger partial charge in [-0.05, 0) is 66.1 Å². The molecule has 8 nitrogen and oxygen atoms in total. The lowest BCUT2D eigenvalue weighted by atomic mass is 9.95. The van der Waals surface area contributed by atoms with Crippen molar-refractivity contribution in [2.75, 3.05) is 57.4 Å². The lowest BCUT2D eigenvalue weighted by Gasteiger charge is -2.43. The molecule has 3 aromatic rings. The number of rotatable bonds is 8. The van der Waals surface area contributed by atoms with Crippen LogP contribution in [0, 0.1) is 5.92 Å². The van der Waals surface area contributed by atoms with Gasteiger partial charge in [-0.1, -0.05) is 42.4 Å². The number of phenols is 1. The fourth-order valence-electron chi connectivity index (χ4n) is 6.02. The Morgan fingerprint density at radius 1 is 1.10 bits per heavy atom. The van der Waals surface area contributed by atoms with Gasteiger partial charge in [0.05, 0.1) is 23.9 Å². The molecule has 0 aliphatic carbocycles. The van der Waals surface area contributed by atoms with E-state index >= 15 is 0 Å². The van der Waals surface area contributed by atoms with Crippen LogP contribution < -0.4 is 9.64 Å². The number of ether oxygens (including phenoxy) is 2. The molecule has 3 heterocycles. The summed E-state index contributed by atoms with van der Waals surface area (Å²) in [6, 6.07) is 14.9. The average Bonchev–Trinajstić information content (AvgIpc) is 2.96. The minimum absolute atomic E-state index is 0.0837. The molecule has 1 atom stereocenters. The van der Waals surface area contributed by atoms with E-state index < -0.39 is 6.10 Å². The van der Waals surface area contributed by atoms with Crippen LogP contribution in [0.3, 0.4) is 0 Å². The third kappa shape index (κ3) is 5.64. The summed E-state index contributed by atoms with van der Waals surface area (Å²) in [6.07, 6.45) is 2.11. The summed E-state index contributed by atoms with van der Waals surface area (Å²) < 4.78 is 11.9. The smallest absolute Gasteiger partial charge is 0.268 e. The highest BCUT2D eigenvalue weighted by Gasteiger charge is 2.39. The summed E-state index contributed by atoms with van der Waals surface area (Å²) in [5.41, 5.74) is 2.15. The number of anilines is 1. The van der Waals surface area contributed by atoms with Crippen LogP contribution in [-0.2, 0) is 14.3 Å². The summed E-state index contributed by atoms with van der Waals surface area (Å²) in [5.74, 6) is 0.707. The Kier molecular flexibility index (Phi) is 7.88. The van der Waals surface area contributed by atoms with Crippen molar-refractivity contribution in [3.63, 3.8) is 0 Å². The summed E-state index contributed by atoms with van der Waals surface area (Å²) in [6.45, 7) is 9.35. The Morgan fingerprint density at radius 2 is 1.88 bits per heavy atom.